The van der Waals surface area contributed by atoms with E-state index in [2.05, 4.69) is 11.8 Å². The second-order valence-electron chi connectivity index (χ2n) is 4.79. The Morgan fingerprint density at radius 2 is 1.88 bits per heavy atom. The summed E-state index contributed by atoms with van der Waals surface area (Å²) >= 11 is 0. The average molecular weight is 228 g/mol. The van der Waals surface area contributed by atoms with Crippen molar-refractivity contribution >= 4 is 0 Å². The largest absolute Gasteiger partial charge is 0.380 e. The number of hydrogen-bond acceptors (Lipinski definition) is 4. The van der Waals surface area contributed by atoms with Gasteiger partial charge in [0.15, 0.2) is 5.79 Å². The van der Waals surface area contributed by atoms with E-state index in [1.165, 1.54) is 0 Å². The molecule has 0 aromatic carbocycles. The highest BCUT2D eigenvalue weighted by Gasteiger charge is 2.36. The summed E-state index contributed by atoms with van der Waals surface area (Å²) in [6.45, 7) is 7.63. The minimum absolute atomic E-state index is 0.0527. The second-order valence-corrected chi connectivity index (χ2v) is 4.79. The van der Waals surface area contributed by atoms with E-state index >= 15 is 0 Å². The highest BCUT2D eigenvalue weighted by Crippen LogP contribution is 2.23. The van der Waals surface area contributed by atoms with Crippen LogP contribution in [0.4, 0.5) is 0 Å². The molecule has 92 valence electrons. The van der Waals surface area contributed by atoms with Crippen molar-refractivity contribution < 1.29 is 19.7 Å². The maximum absolute atomic E-state index is 9.72. The van der Waals surface area contributed by atoms with Crippen molar-refractivity contribution in [1.82, 2.24) is 0 Å². The van der Waals surface area contributed by atoms with Gasteiger partial charge in [-0.25, -0.2) is 0 Å². The SMILES string of the molecule is CC(C)C(O)C#CC(O)[C@H]1COC(C)(C)O1. The Kier molecular flexibility index (Phi) is 4.34. The first-order valence-electron chi connectivity index (χ1n) is 5.51. The third kappa shape index (κ3) is 3.76. The van der Waals surface area contributed by atoms with Crippen LogP contribution in [0.5, 0.6) is 0 Å². The van der Waals surface area contributed by atoms with Crippen LogP contribution in [0.25, 0.3) is 0 Å². The minimum atomic E-state index is -0.921. The molecule has 0 spiro atoms. The molecule has 4 heteroatoms. The van der Waals surface area contributed by atoms with Gasteiger partial charge in [-0.3, -0.25) is 0 Å². The Morgan fingerprint density at radius 3 is 2.31 bits per heavy atom. The Labute approximate surface area is 96.6 Å². The predicted molar refractivity (Wildman–Crippen MR) is 59.5 cm³/mol. The number of aliphatic hydroxyl groups excluding tert-OH is 2. The van der Waals surface area contributed by atoms with Gasteiger partial charge in [0.2, 0.25) is 0 Å². The first-order chi connectivity index (χ1) is 7.32. The molecule has 1 heterocycles. The van der Waals surface area contributed by atoms with Gasteiger partial charge in [-0.2, -0.15) is 0 Å². The van der Waals surface area contributed by atoms with Gasteiger partial charge in [0, 0.05) is 0 Å². The van der Waals surface area contributed by atoms with Gasteiger partial charge >= 0.3 is 0 Å². The van der Waals surface area contributed by atoms with Gasteiger partial charge in [0.25, 0.3) is 0 Å². The van der Waals surface area contributed by atoms with Crippen molar-refractivity contribution in [2.75, 3.05) is 6.61 Å². The number of aliphatic hydroxyl groups is 2. The lowest BCUT2D eigenvalue weighted by molar-refractivity contribution is -0.146. The van der Waals surface area contributed by atoms with Crippen LogP contribution >= 0.6 is 0 Å². The fourth-order valence-electron chi connectivity index (χ4n) is 1.30. The van der Waals surface area contributed by atoms with Crippen molar-refractivity contribution in [2.24, 2.45) is 5.92 Å². The first kappa shape index (κ1) is 13.5. The number of hydrogen-bond donors (Lipinski definition) is 2. The molecule has 4 nitrogen and oxygen atoms in total. The summed E-state index contributed by atoms with van der Waals surface area (Å²) in [6.07, 6.45) is -2.08. The van der Waals surface area contributed by atoms with E-state index in [1.54, 1.807) is 13.8 Å². The molecule has 2 N–H and O–H groups in total. The van der Waals surface area contributed by atoms with Crippen molar-refractivity contribution in [2.45, 2.75) is 51.8 Å². The van der Waals surface area contributed by atoms with Gasteiger partial charge in [-0.15, -0.1) is 0 Å². The quantitative estimate of drug-likeness (QED) is 0.676. The third-order valence-corrected chi connectivity index (χ3v) is 2.39. The van der Waals surface area contributed by atoms with Gasteiger partial charge in [-0.1, -0.05) is 25.7 Å². The van der Waals surface area contributed by atoms with Gasteiger partial charge in [-0.05, 0) is 19.8 Å². The van der Waals surface area contributed by atoms with E-state index in [1.807, 2.05) is 13.8 Å². The predicted octanol–water partition coefficient (Wildman–Crippen LogP) is 0.519. The van der Waals surface area contributed by atoms with Gasteiger partial charge < -0.3 is 19.7 Å². The Bertz CT molecular complexity index is 287. The summed E-state index contributed by atoms with van der Waals surface area (Å²) in [5.74, 6) is 4.59. The Balaban J connectivity index is 2.50. The highest BCUT2D eigenvalue weighted by atomic mass is 16.7. The zero-order chi connectivity index (χ0) is 12.3. The van der Waals surface area contributed by atoms with Crippen LogP contribution in [0.1, 0.15) is 27.7 Å². The fourth-order valence-corrected chi connectivity index (χ4v) is 1.30. The average Bonchev–Trinajstić information content (AvgIpc) is 2.54. The molecule has 1 aliphatic heterocycles. The summed E-state index contributed by atoms with van der Waals surface area (Å²) in [4.78, 5) is 0. The molecular formula is C12H20O4. The first-order valence-corrected chi connectivity index (χ1v) is 5.51. The van der Waals surface area contributed by atoms with E-state index in [9.17, 15) is 10.2 Å². The third-order valence-electron chi connectivity index (χ3n) is 2.39. The lowest BCUT2D eigenvalue weighted by atomic mass is 10.1. The molecule has 1 rings (SSSR count). The van der Waals surface area contributed by atoms with E-state index in [-0.39, 0.29) is 5.92 Å². The van der Waals surface area contributed by atoms with Gasteiger partial charge in [0.1, 0.15) is 18.3 Å². The molecule has 1 fully saturated rings. The Morgan fingerprint density at radius 1 is 1.25 bits per heavy atom. The smallest absolute Gasteiger partial charge is 0.163 e. The van der Waals surface area contributed by atoms with E-state index in [0.29, 0.717) is 6.61 Å². The van der Waals surface area contributed by atoms with Crippen LogP contribution in [0.2, 0.25) is 0 Å². The standard InChI is InChI=1S/C12H20O4/c1-8(2)9(13)5-6-10(14)11-7-15-12(3,4)16-11/h8-11,13-14H,7H2,1-4H3/t9?,10?,11-/m1/s1. The monoisotopic (exact) mass is 228 g/mol. The van der Waals surface area contributed by atoms with Crippen LogP contribution in [0, 0.1) is 17.8 Å². The molecule has 0 amide bonds. The van der Waals surface area contributed by atoms with Crippen molar-refractivity contribution in [3.63, 3.8) is 0 Å². The normalized spacial score (nSPS) is 27.3. The van der Waals surface area contributed by atoms with Crippen LogP contribution in [0.3, 0.4) is 0 Å². The van der Waals surface area contributed by atoms with Crippen LogP contribution in [-0.4, -0.2) is 40.9 Å². The lowest BCUT2D eigenvalue weighted by Gasteiger charge is -2.18. The summed E-state index contributed by atoms with van der Waals surface area (Å²) in [5.41, 5.74) is 0. The molecule has 16 heavy (non-hydrogen) atoms. The molecule has 0 aromatic rings. The zero-order valence-electron chi connectivity index (χ0n) is 10.2. The van der Waals surface area contributed by atoms with Crippen molar-refractivity contribution in [1.29, 1.82) is 0 Å². The summed E-state index contributed by atoms with van der Waals surface area (Å²) in [6, 6.07) is 0. The second kappa shape index (κ2) is 5.15. The summed E-state index contributed by atoms with van der Waals surface area (Å²) in [5, 5.41) is 19.2. The molecule has 3 atom stereocenters. The molecule has 0 saturated carbocycles. The van der Waals surface area contributed by atoms with Gasteiger partial charge in [0.05, 0.1) is 6.61 Å². The topological polar surface area (TPSA) is 58.9 Å². The van der Waals surface area contributed by atoms with Crippen molar-refractivity contribution in [3.8, 4) is 11.8 Å². The van der Waals surface area contributed by atoms with E-state index in [4.69, 9.17) is 9.47 Å². The molecule has 0 bridgehead atoms. The molecule has 0 aromatic heterocycles. The molecule has 1 aliphatic rings. The zero-order valence-corrected chi connectivity index (χ0v) is 10.2. The van der Waals surface area contributed by atoms with E-state index in [0.717, 1.165) is 0 Å². The lowest BCUT2D eigenvalue weighted by Crippen LogP contribution is -2.29. The minimum Gasteiger partial charge on any atom is -0.380 e. The Hall–Kier alpha value is -0.600. The molecular weight excluding hydrogens is 208 g/mol. The molecule has 0 radical (unpaired) electrons. The molecule has 1 saturated heterocycles. The highest BCUT2D eigenvalue weighted by molar-refractivity contribution is 5.12. The van der Waals surface area contributed by atoms with Crippen LogP contribution < -0.4 is 0 Å². The summed E-state index contributed by atoms with van der Waals surface area (Å²) < 4.78 is 10.8. The fraction of sp³-hybridized carbons (Fsp3) is 0.833. The molecule has 0 aliphatic carbocycles. The molecule has 2 unspecified atom stereocenters. The van der Waals surface area contributed by atoms with E-state index < -0.39 is 24.1 Å². The number of ether oxygens (including phenoxy) is 2. The van der Waals surface area contributed by atoms with Crippen LogP contribution in [0.15, 0.2) is 0 Å². The van der Waals surface area contributed by atoms with Crippen LogP contribution in [-0.2, 0) is 9.47 Å². The maximum Gasteiger partial charge on any atom is 0.163 e. The number of rotatable bonds is 2. The van der Waals surface area contributed by atoms with Crippen molar-refractivity contribution in [3.05, 3.63) is 0 Å². The summed E-state index contributed by atoms with van der Waals surface area (Å²) in [7, 11) is 0. The maximum atomic E-state index is 9.72.